The SMILES string of the molecule is N[C@H]1COc2c1ccc(F)c2Br. The largest absolute Gasteiger partial charge is 0.490 e. The van der Waals surface area contributed by atoms with Crippen molar-refractivity contribution in [3.63, 3.8) is 0 Å². The van der Waals surface area contributed by atoms with Crippen molar-refractivity contribution in [3.05, 3.63) is 28.0 Å². The zero-order chi connectivity index (χ0) is 8.72. The molecule has 64 valence electrons. The Hall–Kier alpha value is -0.610. The topological polar surface area (TPSA) is 35.2 Å². The van der Waals surface area contributed by atoms with E-state index in [0.717, 1.165) is 5.56 Å². The lowest BCUT2D eigenvalue weighted by atomic mass is 10.1. The van der Waals surface area contributed by atoms with Crippen LogP contribution >= 0.6 is 15.9 Å². The lowest BCUT2D eigenvalue weighted by Crippen LogP contribution is -2.10. The molecule has 0 unspecified atom stereocenters. The van der Waals surface area contributed by atoms with E-state index >= 15 is 0 Å². The van der Waals surface area contributed by atoms with Crippen LogP contribution in [0.15, 0.2) is 16.6 Å². The Morgan fingerprint density at radius 2 is 2.33 bits per heavy atom. The van der Waals surface area contributed by atoms with E-state index in [9.17, 15) is 4.39 Å². The molecule has 1 aliphatic rings. The Bertz CT molecular complexity index is 329. The van der Waals surface area contributed by atoms with E-state index in [4.69, 9.17) is 10.5 Å². The molecule has 1 aliphatic heterocycles. The van der Waals surface area contributed by atoms with Gasteiger partial charge in [0.05, 0.1) is 10.5 Å². The van der Waals surface area contributed by atoms with Gasteiger partial charge in [0.25, 0.3) is 0 Å². The summed E-state index contributed by atoms with van der Waals surface area (Å²) in [5, 5.41) is 0. The summed E-state index contributed by atoms with van der Waals surface area (Å²) in [5.74, 6) is 0.227. The van der Waals surface area contributed by atoms with Crippen LogP contribution in [0.3, 0.4) is 0 Å². The lowest BCUT2D eigenvalue weighted by molar-refractivity contribution is 0.330. The van der Waals surface area contributed by atoms with Crippen LogP contribution in [0, 0.1) is 5.82 Å². The monoisotopic (exact) mass is 231 g/mol. The van der Waals surface area contributed by atoms with Crippen molar-refractivity contribution < 1.29 is 9.13 Å². The molecule has 1 aromatic carbocycles. The van der Waals surface area contributed by atoms with Crippen LogP contribution in [0.1, 0.15) is 11.6 Å². The van der Waals surface area contributed by atoms with Crippen LogP contribution in [0.5, 0.6) is 5.75 Å². The van der Waals surface area contributed by atoms with E-state index in [0.29, 0.717) is 16.8 Å². The van der Waals surface area contributed by atoms with Gasteiger partial charge >= 0.3 is 0 Å². The average molecular weight is 232 g/mol. The maximum Gasteiger partial charge on any atom is 0.141 e. The molecular weight excluding hydrogens is 225 g/mol. The minimum atomic E-state index is -0.317. The number of rotatable bonds is 0. The predicted molar refractivity (Wildman–Crippen MR) is 46.5 cm³/mol. The molecule has 0 aromatic heterocycles. The standard InChI is InChI=1S/C8H7BrFNO/c9-7-5(10)2-1-4-6(11)3-12-8(4)7/h1-2,6H,3,11H2/t6-/m0/s1. The zero-order valence-corrected chi connectivity index (χ0v) is 7.77. The normalized spacial score (nSPS) is 20.4. The molecular formula is C8H7BrFNO. The van der Waals surface area contributed by atoms with Gasteiger partial charge in [-0.3, -0.25) is 0 Å². The van der Waals surface area contributed by atoms with E-state index in [2.05, 4.69) is 15.9 Å². The first-order valence-electron chi connectivity index (χ1n) is 3.56. The van der Waals surface area contributed by atoms with Gasteiger partial charge in [-0.1, -0.05) is 6.07 Å². The van der Waals surface area contributed by atoms with Gasteiger partial charge in [-0.05, 0) is 22.0 Å². The molecule has 4 heteroatoms. The molecule has 1 heterocycles. The van der Waals surface area contributed by atoms with Crippen LogP contribution in [-0.4, -0.2) is 6.61 Å². The quantitative estimate of drug-likeness (QED) is 0.742. The highest BCUT2D eigenvalue weighted by atomic mass is 79.9. The second kappa shape index (κ2) is 2.71. The molecule has 1 aromatic rings. The van der Waals surface area contributed by atoms with Crippen LogP contribution in [0.2, 0.25) is 0 Å². The number of halogens is 2. The summed E-state index contributed by atoms with van der Waals surface area (Å²) in [4.78, 5) is 0. The van der Waals surface area contributed by atoms with Crippen LogP contribution < -0.4 is 10.5 Å². The van der Waals surface area contributed by atoms with Crippen molar-refractivity contribution in [2.75, 3.05) is 6.61 Å². The first kappa shape index (κ1) is 8.01. The van der Waals surface area contributed by atoms with Gasteiger partial charge in [-0.15, -0.1) is 0 Å². The molecule has 2 rings (SSSR count). The fourth-order valence-electron chi connectivity index (χ4n) is 1.25. The summed E-state index contributed by atoms with van der Waals surface area (Å²) in [6.45, 7) is 0.428. The van der Waals surface area contributed by atoms with Gasteiger partial charge in [-0.2, -0.15) is 0 Å². The maximum atomic E-state index is 12.9. The number of ether oxygens (including phenoxy) is 1. The molecule has 0 spiro atoms. The second-order valence-electron chi connectivity index (χ2n) is 2.70. The van der Waals surface area contributed by atoms with Gasteiger partial charge in [-0.25, -0.2) is 4.39 Å². The first-order valence-corrected chi connectivity index (χ1v) is 4.35. The first-order chi connectivity index (χ1) is 5.70. The van der Waals surface area contributed by atoms with E-state index in [1.54, 1.807) is 6.07 Å². The Balaban J connectivity index is 2.60. The number of hydrogen-bond acceptors (Lipinski definition) is 2. The van der Waals surface area contributed by atoms with Crippen molar-refractivity contribution in [1.82, 2.24) is 0 Å². The van der Waals surface area contributed by atoms with Gasteiger partial charge in [0, 0.05) is 5.56 Å². The zero-order valence-electron chi connectivity index (χ0n) is 6.18. The summed E-state index contributed by atoms with van der Waals surface area (Å²) in [6, 6.07) is 2.92. The molecule has 2 N–H and O–H groups in total. The van der Waals surface area contributed by atoms with Crippen LogP contribution in [-0.2, 0) is 0 Å². The summed E-state index contributed by atoms with van der Waals surface area (Å²) in [5.41, 5.74) is 6.56. The number of nitrogens with two attached hydrogens (primary N) is 1. The van der Waals surface area contributed by atoms with Crippen molar-refractivity contribution in [2.45, 2.75) is 6.04 Å². The minimum absolute atomic E-state index is 0.128. The van der Waals surface area contributed by atoms with E-state index in [-0.39, 0.29) is 11.9 Å². The van der Waals surface area contributed by atoms with Gasteiger partial charge in [0.2, 0.25) is 0 Å². The Morgan fingerprint density at radius 3 is 3.08 bits per heavy atom. The van der Waals surface area contributed by atoms with Crippen LogP contribution in [0.25, 0.3) is 0 Å². The Kier molecular flexibility index (Phi) is 1.81. The highest BCUT2D eigenvalue weighted by molar-refractivity contribution is 9.10. The highest BCUT2D eigenvalue weighted by Gasteiger charge is 2.24. The van der Waals surface area contributed by atoms with Gasteiger partial charge in [0.15, 0.2) is 0 Å². The van der Waals surface area contributed by atoms with Crippen molar-refractivity contribution in [3.8, 4) is 5.75 Å². The molecule has 0 radical (unpaired) electrons. The molecule has 0 fully saturated rings. The number of hydrogen-bond donors (Lipinski definition) is 1. The summed E-state index contributed by atoms with van der Waals surface area (Å²) < 4.78 is 18.5. The van der Waals surface area contributed by atoms with Crippen molar-refractivity contribution in [1.29, 1.82) is 0 Å². The third-order valence-corrected chi connectivity index (χ3v) is 2.63. The molecule has 1 atom stereocenters. The third kappa shape index (κ3) is 1.03. The van der Waals surface area contributed by atoms with Crippen LogP contribution in [0.4, 0.5) is 4.39 Å². The van der Waals surface area contributed by atoms with Gasteiger partial charge in [0.1, 0.15) is 18.2 Å². The van der Waals surface area contributed by atoms with E-state index in [1.807, 2.05) is 0 Å². The lowest BCUT2D eigenvalue weighted by Gasteiger charge is -2.02. The van der Waals surface area contributed by atoms with E-state index < -0.39 is 0 Å². The fraction of sp³-hybridized carbons (Fsp3) is 0.250. The second-order valence-corrected chi connectivity index (χ2v) is 3.49. The Labute approximate surface area is 77.6 Å². The smallest absolute Gasteiger partial charge is 0.141 e. The average Bonchev–Trinajstić information content (AvgIpc) is 2.41. The van der Waals surface area contributed by atoms with Gasteiger partial charge < -0.3 is 10.5 Å². The highest BCUT2D eigenvalue weighted by Crippen LogP contribution is 2.38. The molecule has 12 heavy (non-hydrogen) atoms. The maximum absolute atomic E-state index is 12.9. The summed E-state index contributed by atoms with van der Waals surface area (Å²) in [7, 11) is 0. The number of fused-ring (bicyclic) bond motifs is 1. The fourth-order valence-corrected chi connectivity index (χ4v) is 1.72. The molecule has 0 aliphatic carbocycles. The number of benzene rings is 1. The van der Waals surface area contributed by atoms with Crippen molar-refractivity contribution >= 4 is 15.9 Å². The third-order valence-electron chi connectivity index (χ3n) is 1.89. The van der Waals surface area contributed by atoms with E-state index in [1.165, 1.54) is 6.07 Å². The molecule has 0 bridgehead atoms. The van der Waals surface area contributed by atoms with Crippen molar-refractivity contribution in [2.24, 2.45) is 5.73 Å². The molecule has 2 nitrogen and oxygen atoms in total. The predicted octanol–water partition coefficient (Wildman–Crippen LogP) is 1.98. The summed E-state index contributed by atoms with van der Waals surface area (Å²) >= 11 is 3.10. The molecule has 0 saturated carbocycles. The molecule has 0 amide bonds. The summed E-state index contributed by atoms with van der Waals surface area (Å²) in [6.07, 6.45) is 0. The minimum Gasteiger partial charge on any atom is -0.490 e. The molecule has 0 saturated heterocycles. The Morgan fingerprint density at radius 1 is 1.58 bits per heavy atom.